The average Bonchev–Trinajstić information content (AvgIpc) is 3.42. The Balaban J connectivity index is 1.82. The molecule has 3 aromatic rings. The van der Waals surface area contributed by atoms with E-state index in [1.165, 1.54) is 15.9 Å². The van der Waals surface area contributed by atoms with Crippen molar-refractivity contribution in [3.8, 4) is 0 Å². The topological polar surface area (TPSA) is 73.5 Å². The summed E-state index contributed by atoms with van der Waals surface area (Å²) in [7, 11) is 1.58. The lowest BCUT2D eigenvalue weighted by molar-refractivity contribution is 0.0797. The second kappa shape index (κ2) is 9.20. The molecule has 1 aromatic carbocycles. The van der Waals surface area contributed by atoms with Crippen molar-refractivity contribution < 1.29 is 9.53 Å². The van der Waals surface area contributed by atoms with Gasteiger partial charge >= 0.3 is 5.69 Å². The zero-order valence-corrected chi connectivity index (χ0v) is 18.7. The summed E-state index contributed by atoms with van der Waals surface area (Å²) < 4.78 is 8.08. The van der Waals surface area contributed by atoms with E-state index in [1.54, 1.807) is 11.7 Å². The van der Waals surface area contributed by atoms with Gasteiger partial charge in [-0.3, -0.25) is 18.7 Å². The molecule has 0 atom stereocenters. The number of hydrogen-bond donors (Lipinski definition) is 0. The number of carbonyl (C=O) groups is 1. The molecule has 164 valence electrons. The van der Waals surface area contributed by atoms with Crippen LogP contribution in [0.1, 0.15) is 33.6 Å². The van der Waals surface area contributed by atoms with Crippen molar-refractivity contribution in [2.75, 3.05) is 26.8 Å². The van der Waals surface area contributed by atoms with Crippen LogP contribution in [-0.4, -0.2) is 46.7 Å². The van der Waals surface area contributed by atoms with E-state index in [9.17, 15) is 14.4 Å². The van der Waals surface area contributed by atoms with Crippen LogP contribution >= 0.6 is 11.3 Å². The van der Waals surface area contributed by atoms with Gasteiger partial charge < -0.3 is 9.64 Å². The van der Waals surface area contributed by atoms with Crippen molar-refractivity contribution in [2.45, 2.75) is 39.3 Å². The van der Waals surface area contributed by atoms with E-state index < -0.39 is 0 Å². The normalized spacial score (nSPS) is 13.9. The number of aromatic nitrogens is 2. The minimum Gasteiger partial charge on any atom is -0.383 e. The molecule has 31 heavy (non-hydrogen) atoms. The number of carbonyl (C=O) groups excluding carboxylic acids is 1. The highest BCUT2D eigenvalue weighted by atomic mass is 32.1. The minimum atomic E-state index is -0.355. The van der Waals surface area contributed by atoms with Crippen LogP contribution in [0.25, 0.3) is 10.2 Å². The summed E-state index contributed by atoms with van der Waals surface area (Å²) >= 11 is 1.25. The number of nitrogens with zero attached hydrogens (tertiary/aromatic N) is 3. The van der Waals surface area contributed by atoms with E-state index in [0.717, 1.165) is 31.5 Å². The van der Waals surface area contributed by atoms with E-state index in [4.69, 9.17) is 4.74 Å². The van der Waals surface area contributed by atoms with Gasteiger partial charge in [-0.15, -0.1) is 11.3 Å². The number of aryl methyl sites for hydroxylation is 2. The van der Waals surface area contributed by atoms with Crippen LogP contribution in [0.15, 0.2) is 39.9 Å². The summed E-state index contributed by atoms with van der Waals surface area (Å²) in [5.41, 5.74) is 1.05. The Morgan fingerprint density at radius 1 is 1.06 bits per heavy atom. The summed E-state index contributed by atoms with van der Waals surface area (Å²) in [6.07, 6.45) is 2.58. The Morgan fingerprint density at radius 3 is 2.45 bits per heavy atom. The number of ether oxygens (including phenoxy) is 1. The lowest BCUT2D eigenvalue weighted by Crippen LogP contribution is -2.40. The SMILES string of the molecule is COCCn1c(=O)n(CCc2ccccc2)c(=O)c2c(C)c(C(=O)N3CCCC3)sc21. The van der Waals surface area contributed by atoms with Gasteiger partial charge in [-0.1, -0.05) is 30.3 Å². The Bertz CT molecular complexity index is 1200. The molecule has 0 spiro atoms. The summed E-state index contributed by atoms with van der Waals surface area (Å²) in [5.74, 6) is -0.0443. The highest BCUT2D eigenvalue weighted by Gasteiger charge is 2.27. The molecule has 0 N–H and O–H groups in total. The Morgan fingerprint density at radius 2 is 1.77 bits per heavy atom. The monoisotopic (exact) mass is 441 g/mol. The minimum absolute atomic E-state index is 0.0443. The number of likely N-dealkylation sites (tertiary alicyclic amines) is 1. The number of thiophene rings is 1. The van der Waals surface area contributed by atoms with E-state index in [1.807, 2.05) is 42.2 Å². The van der Waals surface area contributed by atoms with Gasteiger partial charge in [0.15, 0.2) is 0 Å². The van der Waals surface area contributed by atoms with Crippen LogP contribution in [0, 0.1) is 6.92 Å². The lowest BCUT2D eigenvalue weighted by Gasteiger charge is -2.14. The smallest absolute Gasteiger partial charge is 0.332 e. The second-order valence-corrected chi connectivity index (χ2v) is 8.85. The molecule has 0 aliphatic carbocycles. The third-order valence-electron chi connectivity index (χ3n) is 5.87. The van der Waals surface area contributed by atoms with Gasteiger partial charge in [0.25, 0.3) is 11.5 Å². The van der Waals surface area contributed by atoms with Crippen molar-refractivity contribution in [1.29, 1.82) is 0 Å². The maximum absolute atomic E-state index is 13.4. The van der Waals surface area contributed by atoms with Gasteiger partial charge in [-0.2, -0.15) is 0 Å². The van der Waals surface area contributed by atoms with Crippen LogP contribution in [0.2, 0.25) is 0 Å². The molecule has 1 saturated heterocycles. The number of hydrogen-bond acceptors (Lipinski definition) is 5. The fraction of sp³-hybridized carbons (Fsp3) is 0.435. The van der Waals surface area contributed by atoms with Crippen LogP contribution in [0.3, 0.4) is 0 Å². The average molecular weight is 442 g/mol. The molecule has 1 aliphatic heterocycles. The highest BCUT2D eigenvalue weighted by Crippen LogP contribution is 2.30. The third kappa shape index (κ3) is 4.09. The van der Waals surface area contributed by atoms with E-state index in [0.29, 0.717) is 40.2 Å². The molecule has 8 heteroatoms. The van der Waals surface area contributed by atoms with Crippen molar-refractivity contribution >= 4 is 27.5 Å². The van der Waals surface area contributed by atoms with Gasteiger partial charge in [-0.25, -0.2) is 4.79 Å². The largest absolute Gasteiger partial charge is 0.383 e. The predicted octanol–water partition coefficient (Wildman–Crippen LogP) is 2.66. The maximum atomic E-state index is 13.4. The molecule has 0 bridgehead atoms. The first-order chi connectivity index (χ1) is 15.0. The maximum Gasteiger partial charge on any atom is 0.332 e. The number of rotatable bonds is 7. The molecule has 1 fully saturated rings. The summed E-state index contributed by atoms with van der Waals surface area (Å²) in [6, 6.07) is 9.79. The van der Waals surface area contributed by atoms with E-state index in [-0.39, 0.29) is 23.7 Å². The third-order valence-corrected chi connectivity index (χ3v) is 7.17. The van der Waals surface area contributed by atoms with Gasteiger partial charge in [0.2, 0.25) is 0 Å². The first kappa shape index (κ1) is 21.5. The molecule has 7 nitrogen and oxygen atoms in total. The number of fused-ring (bicyclic) bond motifs is 1. The molecule has 0 unspecified atom stereocenters. The first-order valence-electron chi connectivity index (χ1n) is 10.6. The fourth-order valence-electron chi connectivity index (χ4n) is 4.12. The van der Waals surface area contributed by atoms with Crippen LogP contribution < -0.4 is 11.2 Å². The number of methoxy groups -OCH3 is 1. The second-order valence-electron chi connectivity index (χ2n) is 7.86. The van der Waals surface area contributed by atoms with Crippen molar-refractivity contribution in [2.24, 2.45) is 0 Å². The number of benzene rings is 1. The summed E-state index contributed by atoms with van der Waals surface area (Å²) in [6.45, 7) is 4.26. The van der Waals surface area contributed by atoms with E-state index >= 15 is 0 Å². The van der Waals surface area contributed by atoms with Gasteiger partial charge in [0, 0.05) is 26.7 Å². The molecular formula is C23H27N3O4S. The quantitative estimate of drug-likeness (QED) is 0.565. The standard InChI is InChI=1S/C23H27N3O4S/c1-16-18-20(27)25(13-10-17-8-4-3-5-9-17)23(29)26(14-15-30-2)22(18)31-19(16)21(28)24-11-6-7-12-24/h3-5,8-9H,6-7,10-15H2,1-2H3. The molecule has 1 amide bonds. The first-order valence-corrected chi connectivity index (χ1v) is 11.4. The zero-order valence-electron chi connectivity index (χ0n) is 17.9. The zero-order chi connectivity index (χ0) is 22.0. The van der Waals surface area contributed by atoms with Crippen molar-refractivity contribution in [1.82, 2.24) is 14.0 Å². The molecule has 0 radical (unpaired) electrons. The van der Waals surface area contributed by atoms with Gasteiger partial charge in [-0.05, 0) is 37.3 Å². The Labute approximate surface area is 184 Å². The van der Waals surface area contributed by atoms with Gasteiger partial charge in [0.05, 0.1) is 23.4 Å². The van der Waals surface area contributed by atoms with Crippen LogP contribution in [0.4, 0.5) is 0 Å². The summed E-state index contributed by atoms with van der Waals surface area (Å²) in [5, 5.41) is 0.469. The molecular weight excluding hydrogens is 414 g/mol. The van der Waals surface area contributed by atoms with Crippen LogP contribution in [0.5, 0.6) is 0 Å². The molecule has 1 aliphatic rings. The molecule has 3 heterocycles. The molecule has 4 rings (SSSR count). The van der Waals surface area contributed by atoms with Crippen molar-refractivity contribution in [3.05, 3.63) is 67.2 Å². The summed E-state index contributed by atoms with van der Waals surface area (Å²) in [4.78, 5) is 42.7. The predicted molar refractivity (Wildman–Crippen MR) is 122 cm³/mol. The number of amides is 1. The van der Waals surface area contributed by atoms with Gasteiger partial charge in [0.1, 0.15) is 4.83 Å². The highest BCUT2D eigenvalue weighted by molar-refractivity contribution is 7.20. The fourth-order valence-corrected chi connectivity index (χ4v) is 5.41. The molecule has 0 saturated carbocycles. The Kier molecular flexibility index (Phi) is 6.38. The Hall–Kier alpha value is -2.71. The van der Waals surface area contributed by atoms with E-state index in [2.05, 4.69) is 0 Å². The molecule has 2 aromatic heterocycles. The lowest BCUT2D eigenvalue weighted by atomic mass is 10.1. The van der Waals surface area contributed by atoms with Crippen molar-refractivity contribution in [3.63, 3.8) is 0 Å². The van der Waals surface area contributed by atoms with Crippen LogP contribution in [-0.2, 0) is 24.2 Å².